The van der Waals surface area contributed by atoms with Crippen LogP contribution < -0.4 is 18.9 Å². The molecule has 0 bridgehead atoms. The van der Waals surface area contributed by atoms with Gasteiger partial charge in [0, 0.05) is 37.2 Å². The molecule has 0 fully saturated rings. The molecule has 1 heterocycles. The molecule has 0 aliphatic carbocycles. The Morgan fingerprint density at radius 1 is 0.882 bits per heavy atom. The molecule has 0 radical (unpaired) electrons. The van der Waals surface area contributed by atoms with Gasteiger partial charge in [-0.2, -0.15) is 0 Å². The summed E-state index contributed by atoms with van der Waals surface area (Å²) in [5.74, 6) is 2.74. The zero-order valence-corrected chi connectivity index (χ0v) is 22.1. The fourth-order valence-corrected chi connectivity index (χ4v) is 4.36. The molecular formula is C26H37ClN2O5. The Bertz CT molecular complexity index is 995. The van der Waals surface area contributed by atoms with Gasteiger partial charge in [0.05, 0.1) is 28.4 Å². The van der Waals surface area contributed by atoms with Gasteiger partial charge in [-0.3, -0.25) is 4.79 Å². The van der Waals surface area contributed by atoms with Crippen LogP contribution in [0.2, 0.25) is 0 Å². The summed E-state index contributed by atoms with van der Waals surface area (Å²) in [7, 11) is 8.58. The number of methoxy groups -OCH3 is 4. The van der Waals surface area contributed by atoms with Crippen LogP contribution in [0.5, 0.6) is 23.0 Å². The number of nitrogens with zero attached hydrogens (tertiary/aromatic N) is 2. The van der Waals surface area contributed by atoms with Crippen molar-refractivity contribution < 1.29 is 23.7 Å². The predicted octanol–water partition coefficient (Wildman–Crippen LogP) is 4.05. The van der Waals surface area contributed by atoms with Crippen molar-refractivity contribution in [2.24, 2.45) is 0 Å². The molecule has 0 saturated heterocycles. The maximum atomic E-state index is 13.3. The third-order valence-corrected chi connectivity index (χ3v) is 6.34. The first-order chi connectivity index (χ1) is 15.7. The average molecular weight is 493 g/mol. The van der Waals surface area contributed by atoms with E-state index in [4.69, 9.17) is 18.9 Å². The topological polar surface area (TPSA) is 60.5 Å². The molecule has 7 nitrogen and oxygen atoms in total. The van der Waals surface area contributed by atoms with Crippen LogP contribution in [0.25, 0.3) is 0 Å². The SMILES string of the molecule is COc1ccc(CCN(C)CCN2CC(C)(C)c3cc(OC)c(OC)cc3C2=O)cc1OC.Cl. The van der Waals surface area contributed by atoms with Crippen LogP contribution in [0, 0.1) is 0 Å². The van der Waals surface area contributed by atoms with Crippen molar-refractivity contribution in [3.05, 3.63) is 47.0 Å². The fraction of sp³-hybridized carbons (Fsp3) is 0.500. The lowest BCUT2D eigenvalue weighted by Gasteiger charge is -2.40. The summed E-state index contributed by atoms with van der Waals surface area (Å²) >= 11 is 0. The number of amides is 1. The largest absolute Gasteiger partial charge is 0.493 e. The van der Waals surface area contributed by atoms with E-state index in [1.165, 1.54) is 5.56 Å². The maximum absolute atomic E-state index is 13.3. The highest BCUT2D eigenvalue weighted by Gasteiger charge is 2.37. The fourth-order valence-electron chi connectivity index (χ4n) is 4.36. The minimum Gasteiger partial charge on any atom is -0.493 e. The predicted molar refractivity (Wildman–Crippen MR) is 136 cm³/mol. The Morgan fingerprint density at radius 2 is 1.47 bits per heavy atom. The molecule has 188 valence electrons. The lowest BCUT2D eigenvalue weighted by molar-refractivity contribution is 0.0670. The molecule has 0 atom stereocenters. The second-order valence-electron chi connectivity index (χ2n) is 9.11. The van der Waals surface area contributed by atoms with E-state index in [0.29, 0.717) is 30.2 Å². The summed E-state index contributed by atoms with van der Waals surface area (Å²) in [5, 5.41) is 0. The van der Waals surface area contributed by atoms with Gasteiger partial charge in [-0.15, -0.1) is 12.4 Å². The van der Waals surface area contributed by atoms with Gasteiger partial charge in [0.2, 0.25) is 0 Å². The van der Waals surface area contributed by atoms with Crippen LogP contribution >= 0.6 is 12.4 Å². The summed E-state index contributed by atoms with van der Waals surface area (Å²) in [6.45, 7) is 7.33. The second-order valence-corrected chi connectivity index (χ2v) is 9.11. The van der Waals surface area contributed by atoms with Gasteiger partial charge in [0.15, 0.2) is 23.0 Å². The van der Waals surface area contributed by atoms with Crippen LogP contribution in [0.15, 0.2) is 30.3 Å². The maximum Gasteiger partial charge on any atom is 0.254 e. The van der Waals surface area contributed by atoms with Crippen molar-refractivity contribution >= 4 is 18.3 Å². The van der Waals surface area contributed by atoms with Crippen LogP contribution in [-0.2, 0) is 11.8 Å². The zero-order chi connectivity index (χ0) is 24.2. The third-order valence-electron chi connectivity index (χ3n) is 6.34. The lowest BCUT2D eigenvalue weighted by atomic mass is 9.77. The summed E-state index contributed by atoms with van der Waals surface area (Å²) in [5.41, 5.74) is 2.70. The molecule has 1 aliphatic rings. The molecule has 34 heavy (non-hydrogen) atoms. The first kappa shape index (κ1) is 27.6. The number of rotatable bonds is 10. The lowest BCUT2D eigenvalue weighted by Crippen LogP contribution is -2.49. The van der Waals surface area contributed by atoms with Gasteiger partial charge in [0.25, 0.3) is 5.91 Å². The van der Waals surface area contributed by atoms with Gasteiger partial charge in [-0.1, -0.05) is 19.9 Å². The second kappa shape index (κ2) is 11.7. The minimum absolute atomic E-state index is 0. The molecule has 0 saturated carbocycles. The number of benzene rings is 2. The van der Waals surface area contributed by atoms with E-state index < -0.39 is 0 Å². The Labute approximate surface area is 209 Å². The Balaban J connectivity index is 0.00000408. The molecule has 8 heteroatoms. The number of hydrogen-bond acceptors (Lipinski definition) is 6. The highest BCUT2D eigenvalue weighted by Crippen LogP contribution is 2.40. The van der Waals surface area contributed by atoms with Crippen LogP contribution in [0.1, 0.15) is 35.3 Å². The monoisotopic (exact) mass is 492 g/mol. The van der Waals surface area contributed by atoms with E-state index in [9.17, 15) is 4.79 Å². The van der Waals surface area contributed by atoms with E-state index >= 15 is 0 Å². The first-order valence-electron chi connectivity index (χ1n) is 11.2. The highest BCUT2D eigenvalue weighted by atomic mass is 35.5. The summed E-state index contributed by atoms with van der Waals surface area (Å²) in [6, 6.07) is 9.76. The molecule has 1 amide bonds. The van der Waals surface area contributed by atoms with Gasteiger partial charge < -0.3 is 28.7 Å². The summed E-state index contributed by atoms with van der Waals surface area (Å²) in [4.78, 5) is 17.5. The van der Waals surface area contributed by atoms with E-state index in [-0.39, 0.29) is 23.7 Å². The zero-order valence-electron chi connectivity index (χ0n) is 21.3. The Kier molecular flexibility index (Phi) is 9.47. The minimum atomic E-state index is -0.180. The van der Waals surface area contributed by atoms with Crippen molar-refractivity contribution in [2.45, 2.75) is 25.7 Å². The van der Waals surface area contributed by atoms with Crippen LogP contribution in [0.4, 0.5) is 0 Å². The van der Waals surface area contributed by atoms with Crippen molar-refractivity contribution in [1.82, 2.24) is 9.80 Å². The van der Waals surface area contributed by atoms with Crippen LogP contribution in [-0.4, -0.2) is 77.4 Å². The van der Waals surface area contributed by atoms with Crippen molar-refractivity contribution in [3.8, 4) is 23.0 Å². The van der Waals surface area contributed by atoms with Crippen molar-refractivity contribution in [1.29, 1.82) is 0 Å². The molecule has 0 unspecified atom stereocenters. The number of carbonyl (C=O) groups is 1. The number of hydrogen-bond donors (Lipinski definition) is 0. The van der Waals surface area contributed by atoms with Gasteiger partial charge in [0.1, 0.15) is 0 Å². The van der Waals surface area contributed by atoms with Crippen molar-refractivity contribution in [3.63, 3.8) is 0 Å². The molecule has 1 aliphatic heterocycles. The molecule has 3 rings (SSSR count). The van der Waals surface area contributed by atoms with E-state index in [2.05, 4.69) is 31.9 Å². The van der Waals surface area contributed by atoms with Crippen LogP contribution in [0.3, 0.4) is 0 Å². The molecule has 0 aromatic heterocycles. The van der Waals surface area contributed by atoms with Gasteiger partial charge in [-0.05, 0) is 48.9 Å². The van der Waals surface area contributed by atoms with E-state index in [1.807, 2.05) is 29.2 Å². The smallest absolute Gasteiger partial charge is 0.254 e. The molecule has 2 aromatic carbocycles. The van der Waals surface area contributed by atoms with Gasteiger partial charge in [-0.25, -0.2) is 0 Å². The number of ether oxygens (including phenoxy) is 4. The highest BCUT2D eigenvalue weighted by molar-refractivity contribution is 5.98. The molecular weight excluding hydrogens is 456 g/mol. The third kappa shape index (κ3) is 5.88. The average Bonchev–Trinajstić information content (AvgIpc) is 2.82. The Hall–Kier alpha value is -2.64. The van der Waals surface area contributed by atoms with E-state index in [0.717, 1.165) is 36.6 Å². The number of fused-ring (bicyclic) bond motifs is 1. The quantitative estimate of drug-likeness (QED) is 0.498. The van der Waals surface area contributed by atoms with Crippen molar-refractivity contribution in [2.75, 3.05) is 61.7 Å². The number of likely N-dealkylation sites (N-methyl/N-ethyl adjacent to an activating group) is 1. The molecule has 2 aromatic rings. The first-order valence-corrected chi connectivity index (χ1v) is 11.2. The number of halogens is 1. The summed E-state index contributed by atoms with van der Waals surface area (Å²) in [6.07, 6.45) is 0.885. The number of carbonyl (C=O) groups excluding carboxylic acids is 1. The normalized spacial score (nSPS) is 14.4. The molecule has 0 N–H and O–H groups in total. The molecule has 0 spiro atoms. The summed E-state index contributed by atoms with van der Waals surface area (Å²) < 4.78 is 21.6. The standard InChI is InChI=1S/C26H36N2O5.ClH/c1-26(2)17-28(25(29)19-15-23(32-6)24(33-7)16-20(19)26)13-12-27(3)11-10-18-8-9-21(30-4)22(14-18)31-5;/h8-9,14-16H,10-13,17H2,1-7H3;1H. The van der Waals surface area contributed by atoms with Gasteiger partial charge >= 0.3 is 0 Å². The Morgan fingerprint density at radius 3 is 2.09 bits per heavy atom. The van der Waals surface area contributed by atoms with E-state index in [1.54, 1.807) is 28.4 Å².